The monoisotopic (exact) mass is 240 g/mol. The standard InChI is InChI=1S/C15H16N2O/c1-10-4-2-5-13-12(10)8-11(9-16)15-14(18-13)6-3-7-17-15/h2-7,11H,8-9,16H2,1H3/t11-/m0/s1. The third-order valence-corrected chi connectivity index (χ3v) is 3.51. The molecule has 1 aromatic carbocycles. The normalized spacial score (nSPS) is 17.3. The van der Waals surface area contributed by atoms with Gasteiger partial charge in [0, 0.05) is 18.7 Å². The average molecular weight is 240 g/mol. The molecule has 3 rings (SSSR count). The lowest BCUT2D eigenvalue weighted by molar-refractivity contribution is 0.474. The summed E-state index contributed by atoms with van der Waals surface area (Å²) in [7, 11) is 0. The molecule has 1 aliphatic rings. The number of hydrogen-bond acceptors (Lipinski definition) is 3. The van der Waals surface area contributed by atoms with E-state index < -0.39 is 0 Å². The Bertz CT molecular complexity index is 580. The number of pyridine rings is 1. The Morgan fingerprint density at radius 1 is 1.28 bits per heavy atom. The van der Waals surface area contributed by atoms with Crippen molar-refractivity contribution in [3.05, 3.63) is 53.3 Å². The Kier molecular flexibility index (Phi) is 2.76. The van der Waals surface area contributed by atoms with E-state index in [4.69, 9.17) is 10.5 Å². The summed E-state index contributed by atoms with van der Waals surface area (Å²) < 4.78 is 6.00. The molecule has 0 radical (unpaired) electrons. The van der Waals surface area contributed by atoms with Gasteiger partial charge in [0.2, 0.25) is 0 Å². The quantitative estimate of drug-likeness (QED) is 0.833. The molecule has 1 aromatic heterocycles. The number of hydrogen-bond donors (Lipinski definition) is 1. The molecular formula is C15H16N2O. The highest BCUT2D eigenvalue weighted by Crippen LogP contribution is 2.38. The summed E-state index contributed by atoms with van der Waals surface area (Å²) in [5, 5.41) is 0. The molecule has 0 amide bonds. The molecule has 3 nitrogen and oxygen atoms in total. The average Bonchev–Trinajstić information content (AvgIpc) is 2.55. The molecule has 0 unspecified atom stereocenters. The van der Waals surface area contributed by atoms with Gasteiger partial charge in [-0.3, -0.25) is 4.98 Å². The number of fused-ring (bicyclic) bond motifs is 2. The molecule has 1 aliphatic heterocycles. The van der Waals surface area contributed by atoms with E-state index in [1.165, 1.54) is 11.1 Å². The van der Waals surface area contributed by atoms with Crippen LogP contribution in [0.25, 0.3) is 0 Å². The molecule has 0 fully saturated rings. The number of nitrogens with zero attached hydrogens (tertiary/aromatic N) is 1. The highest BCUT2D eigenvalue weighted by molar-refractivity contribution is 5.47. The largest absolute Gasteiger partial charge is 0.455 e. The SMILES string of the molecule is Cc1cccc2c1C[C@@H](CN)c1ncccc1O2. The number of benzene rings is 1. The summed E-state index contributed by atoms with van der Waals surface area (Å²) in [6, 6.07) is 10.00. The van der Waals surface area contributed by atoms with Crippen LogP contribution in [0, 0.1) is 6.92 Å². The highest BCUT2D eigenvalue weighted by atomic mass is 16.5. The van der Waals surface area contributed by atoms with Gasteiger partial charge in [-0.2, -0.15) is 0 Å². The van der Waals surface area contributed by atoms with E-state index in [9.17, 15) is 0 Å². The molecule has 3 heteroatoms. The zero-order chi connectivity index (χ0) is 12.5. The molecule has 0 saturated carbocycles. The van der Waals surface area contributed by atoms with Gasteiger partial charge in [-0.15, -0.1) is 0 Å². The zero-order valence-electron chi connectivity index (χ0n) is 10.4. The van der Waals surface area contributed by atoms with E-state index >= 15 is 0 Å². The van der Waals surface area contributed by atoms with Crippen molar-refractivity contribution >= 4 is 0 Å². The Labute approximate surface area is 107 Å². The van der Waals surface area contributed by atoms with Crippen LogP contribution < -0.4 is 10.5 Å². The van der Waals surface area contributed by atoms with E-state index in [2.05, 4.69) is 18.0 Å². The molecule has 1 atom stereocenters. The predicted octanol–water partition coefficient (Wildman–Crippen LogP) is 2.78. The van der Waals surface area contributed by atoms with Crippen molar-refractivity contribution in [2.24, 2.45) is 5.73 Å². The molecular weight excluding hydrogens is 224 g/mol. The number of nitrogens with two attached hydrogens (primary N) is 1. The third-order valence-electron chi connectivity index (χ3n) is 3.51. The molecule has 0 spiro atoms. The lowest BCUT2D eigenvalue weighted by Gasteiger charge is -2.13. The van der Waals surface area contributed by atoms with Crippen molar-refractivity contribution in [3.8, 4) is 11.5 Å². The summed E-state index contributed by atoms with van der Waals surface area (Å²) in [5.41, 5.74) is 9.36. The number of aryl methyl sites for hydroxylation is 1. The Balaban J connectivity index is 2.16. The maximum atomic E-state index is 6.00. The zero-order valence-corrected chi connectivity index (χ0v) is 10.4. The first-order chi connectivity index (χ1) is 8.79. The number of aromatic nitrogens is 1. The van der Waals surface area contributed by atoms with Gasteiger partial charge >= 0.3 is 0 Å². The van der Waals surface area contributed by atoms with Crippen LogP contribution in [-0.2, 0) is 6.42 Å². The van der Waals surface area contributed by atoms with E-state index in [1.807, 2.05) is 24.3 Å². The fraction of sp³-hybridized carbons (Fsp3) is 0.267. The van der Waals surface area contributed by atoms with Crippen molar-refractivity contribution in [2.75, 3.05) is 6.54 Å². The molecule has 92 valence electrons. The second-order valence-corrected chi connectivity index (χ2v) is 4.68. The summed E-state index contributed by atoms with van der Waals surface area (Å²) in [5.74, 6) is 1.99. The molecule has 0 bridgehead atoms. The lowest BCUT2D eigenvalue weighted by atomic mass is 9.93. The Morgan fingerprint density at radius 3 is 2.94 bits per heavy atom. The fourth-order valence-corrected chi connectivity index (χ4v) is 2.48. The summed E-state index contributed by atoms with van der Waals surface area (Å²) in [6.07, 6.45) is 2.69. The highest BCUT2D eigenvalue weighted by Gasteiger charge is 2.24. The van der Waals surface area contributed by atoms with Crippen LogP contribution in [0.4, 0.5) is 0 Å². The third kappa shape index (κ3) is 1.77. The van der Waals surface area contributed by atoms with Crippen LogP contribution in [0.15, 0.2) is 36.5 Å². The lowest BCUT2D eigenvalue weighted by Crippen LogP contribution is -2.15. The minimum atomic E-state index is 0.226. The van der Waals surface area contributed by atoms with Gasteiger partial charge < -0.3 is 10.5 Å². The van der Waals surface area contributed by atoms with Crippen molar-refractivity contribution in [1.29, 1.82) is 0 Å². The second kappa shape index (κ2) is 4.42. The van der Waals surface area contributed by atoms with Crippen molar-refractivity contribution < 1.29 is 4.74 Å². The maximum absolute atomic E-state index is 6.00. The number of ether oxygens (including phenoxy) is 1. The van der Waals surface area contributed by atoms with Gasteiger partial charge in [0.15, 0.2) is 0 Å². The molecule has 0 aliphatic carbocycles. The van der Waals surface area contributed by atoms with Crippen molar-refractivity contribution in [3.63, 3.8) is 0 Å². The van der Waals surface area contributed by atoms with Crippen LogP contribution in [0.3, 0.4) is 0 Å². The second-order valence-electron chi connectivity index (χ2n) is 4.68. The summed E-state index contributed by atoms with van der Waals surface area (Å²) in [6.45, 7) is 2.69. The van der Waals surface area contributed by atoms with Crippen LogP contribution in [0.2, 0.25) is 0 Å². The van der Waals surface area contributed by atoms with Crippen molar-refractivity contribution in [1.82, 2.24) is 4.98 Å². The first-order valence-electron chi connectivity index (χ1n) is 6.21. The van der Waals surface area contributed by atoms with Crippen LogP contribution in [0.5, 0.6) is 11.5 Å². The van der Waals surface area contributed by atoms with E-state index in [1.54, 1.807) is 6.20 Å². The van der Waals surface area contributed by atoms with Crippen molar-refractivity contribution in [2.45, 2.75) is 19.3 Å². The first kappa shape index (κ1) is 11.2. The molecule has 2 aromatic rings. The maximum Gasteiger partial charge on any atom is 0.149 e. The van der Waals surface area contributed by atoms with Gasteiger partial charge in [0.25, 0.3) is 0 Å². The van der Waals surface area contributed by atoms with E-state index in [0.717, 1.165) is 23.6 Å². The smallest absolute Gasteiger partial charge is 0.149 e. The van der Waals surface area contributed by atoms with Gasteiger partial charge in [-0.05, 0) is 42.7 Å². The van der Waals surface area contributed by atoms with Crippen LogP contribution in [0.1, 0.15) is 22.7 Å². The van der Waals surface area contributed by atoms with Gasteiger partial charge in [-0.1, -0.05) is 12.1 Å². The fourth-order valence-electron chi connectivity index (χ4n) is 2.48. The number of rotatable bonds is 1. The Hall–Kier alpha value is -1.87. The molecule has 0 saturated heterocycles. The minimum Gasteiger partial charge on any atom is -0.455 e. The molecule has 2 heterocycles. The summed E-state index contributed by atoms with van der Waals surface area (Å²) >= 11 is 0. The topological polar surface area (TPSA) is 48.1 Å². The van der Waals surface area contributed by atoms with E-state index in [-0.39, 0.29) is 5.92 Å². The van der Waals surface area contributed by atoms with Crippen LogP contribution >= 0.6 is 0 Å². The first-order valence-corrected chi connectivity index (χ1v) is 6.21. The molecule has 2 N–H and O–H groups in total. The predicted molar refractivity (Wildman–Crippen MR) is 71.0 cm³/mol. The van der Waals surface area contributed by atoms with Gasteiger partial charge in [-0.25, -0.2) is 0 Å². The van der Waals surface area contributed by atoms with Gasteiger partial charge in [0.1, 0.15) is 11.5 Å². The van der Waals surface area contributed by atoms with Crippen LogP contribution in [-0.4, -0.2) is 11.5 Å². The molecule has 18 heavy (non-hydrogen) atoms. The summed E-state index contributed by atoms with van der Waals surface area (Å²) in [4.78, 5) is 4.44. The minimum absolute atomic E-state index is 0.226. The van der Waals surface area contributed by atoms with E-state index in [0.29, 0.717) is 6.54 Å². The van der Waals surface area contributed by atoms with Gasteiger partial charge in [0.05, 0.1) is 5.69 Å². The Morgan fingerprint density at radius 2 is 2.11 bits per heavy atom.